The first-order valence-electron chi connectivity index (χ1n) is 6.98. The van der Waals surface area contributed by atoms with Crippen molar-refractivity contribution in [2.24, 2.45) is 11.8 Å². The first kappa shape index (κ1) is 17.6. The zero-order chi connectivity index (χ0) is 14.6. The Morgan fingerprint density at radius 3 is 2.67 bits per heavy atom. The molecule has 2 heterocycles. The van der Waals surface area contributed by atoms with E-state index in [0.717, 1.165) is 19.3 Å². The maximum atomic E-state index is 12.1. The predicted molar refractivity (Wildman–Crippen MR) is 66.0 cm³/mol. The van der Waals surface area contributed by atoms with Gasteiger partial charge in [0.2, 0.25) is 5.91 Å². The minimum absolute atomic E-state index is 0. The maximum absolute atomic E-state index is 12.1. The number of carbonyl (C=O) groups is 2. The Balaban J connectivity index is 0.00000161. The van der Waals surface area contributed by atoms with Crippen LogP contribution >= 0.6 is 0 Å². The molecule has 0 aromatic carbocycles. The molecule has 0 aromatic heterocycles. The first-order chi connectivity index (χ1) is 9.49. The molecule has 7 heteroatoms. The zero-order valence-electron chi connectivity index (χ0n) is 12.5. The number of rotatable bonds is 3. The quantitative estimate of drug-likeness (QED) is 0.423. The molecule has 1 N–H and O–H groups in total. The molecule has 2 aliphatic heterocycles. The van der Waals surface area contributed by atoms with Gasteiger partial charge < -0.3 is 24.6 Å². The number of carboxylic acids is 1. The van der Waals surface area contributed by atoms with E-state index in [1.165, 1.54) is 4.90 Å². The van der Waals surface area contributed by atoms with Crippen molar-refractivity contribution < 1.29 is 75.9 Å². The van der Waals surface area contributed by atoms with Gasteiger partial charge in [-0.3, -0.25) is 4.79 Å². The van der Waals surface area contributed by atoms with Crippen molar-refractivity contribution in [1.82, 2.24) is 4.90 Å². The third kappa shape index (κ3) is 2.47. The summed E-state index contributed by atoms with van der Waals surface area (Å²) >= 11 is 0. The van der Waals surface area contributed by atoms with Crippen LogP contribution in [0, 0.1) is 11.8 Å². The summed E-state index contributed by atoms with van der Waals surface area (Å²) in [5, 5.41) is 21.2. The number of β-lactam (4-membered cyclic amide) rings is 1. The van der Waals surface area contributed by atoms with E-state index < -0.39 is 18.0 Å². The largest absolute Gasteiger partial charge is 1.00 e. The Bertz CT molecular complexity index is 504. The molecule has 21 heavy (non-hydrogen) atoms. The van der Waals surface area contributed by atoms with Gasteiger partial charge in [0.25, 0.3) is 0 Å². The fraction of sp³-hybridized carbons (Fsp3) is 0.714. The SMILES string of the molecule is COC1CCCC2C1=C(C(=O)[O-])N1C(=O)C(C(C)O)C21.[K+]. The van der Waals surface area contributed by atoms with Crippen molar-refractivity contribution in [2.45, 2.75) is 44.4 Å². The maximum Gasteiger partial charge on any atom is 1.00 e. The van der Waals surface area contributed by atoms with Gasteiger partial charge in [0.05, 0.1) is 35.8 Å². The Morgan fingerprint density at radius 2 is 2.14 bits per heavy atom. The second-order valence-corrected chi connectivity index (χ2v) is 5.82. The normalized spacial score (nSPS) is 35.6. The number of fused-ring (bicyclic) bond motifs is 3. The molecule has 3 rings (SSSR count). The Labute approximate surface area is 165 Å². The molecule has 1 saturated heterocycles. The molecular weight excluding hydrogens is 301 g/mol. The molecule has 1 amide bonds. The van der Waals surface area contributed by atoms with E-state index in [0.29, 0.717) is 5.57 Å². The van der Waals surface area contributed by atoms with Crippen molar-refractivity contribution in [3.8, 4) is 0 Å². The molecule has 0 aromatic rings. The van der Waals surface area contributed by atoms with Gasteiger partial charge in [-0.25, -0.2) is 0 Å². The molecule has 5 atom stereocenters. The van der Waals surface area contributed by atoms with E-state index in [1.807, 2.05) is 0 Å². The molecule has 0 bridgehead atoms. The van der Waals surface area contributed by atoms with Crippen LogP contribution in [0.25, 0.3) is 0 Å². The van der Waals surface area contributed by atoms with Crippen molar-refractivity contribution in [3.63, 3.8) is 0 Å². The number of aliphatic hydroxyl groups excluding tert-OH is 1. The van der Waals surface area contributed by atoms with Crippen LogP contribution in [0.15, 0.2) is 11.3 Å². The Hall–Kier alpha value is 0.236. The number of hydrogen-bond donors (Lipinski definition) is 1. The molecule has 110 valence electrons. The number of ether oxygens (including phenoxy) is 1. The van der Waals surface area contributed by atoms with E-state index >= 15 is 0 Å². The number of methoxy groups -OCH3 is 1. The second-order valence-electron chi connectivity index (χ2n) is 5.82. The van der Waals surface area contributed by atoms with Crippen LogP contribution < -0.4 is 56.5 Å². The number of carbonyl (C=O) groups excluding carboxylic acids is 2. The topological polar surface area (TPSA) is 89.9 Å². The van der Waals surface area contributed by atoms with Crippen molar-refractivity contribution in [1.29, 1.82) is 0 Å². The molecule has 1 saturated carbocycles. The Kier molecular flexibility index (Phi) is 5.35. The van der Waals surface area contributed by atoms with E-state index in [-0.39, 0.29) is 81.1 Å². The van der Waals surface area contributed by atoms with E-state index in [2.05, 4.69) is 0 Å². The average molecular weight is 319 g/mol. The van der Waals surface area contributed by atoms with Crippen LogP contribution in [0.1, 0.15) is 26.2 Å². The number of hydrogen-bond acceptors (Lipinski definition) is 5. The van der Waals surface area contributed by atoms with Gasteiger partial charge in [-0.2, -0.15) is 0 Å². The van der Waals surface area contributed by atoms with Crippen LogP contribution in [0.3, 0.4) is 0 Å². The van der Waals surface area contributed by atoms with Crippen LogP contribution in [0.5, 0.6) is 0 Å². The number of amides is 1. The summed E-state index contributed by atoms with van der Waals surface area (Å²) in [5.41, 5.74) is 0.661. The molecule has 1 aliphatic carbocycles. The van der Waals surface area contributed by atoms with Gasteiger partial charge >= 0.3 is 51.4 Å². The van der Waals surface area contributed by atoms with Gasteiger partial charge in [-0.15, -0.1) is 0 Å². The fourth-order valence-electron chi connectivity index (χ4n) is 4.07. The summed E-state index contributed by atoms with van der Waals surface area (Å²) in [6.45, 7) is 1.58. The summed E-state index contributed by atoms with van der Waals surface area (Å²) in [6.07, 6.45) is 1.47. The number of aliphatic hydroxyl groups is 1. The third-order valence-corrected chi connectivity index (χ3v) is 4.84. The minimum Gasteiger partial charge on any atom is -0.543 e. The molecule has 6 nitrogen and oxygen atoms in total. The van der Waals surface area contributed by atoms with Crippen LogP contribution in [0.2, 0.25) is 0 Å². The van der Waals surface area contributed by atoms with Gasteiger partial charge in [-0.05, 0) is 31.8 Å². The zero-order valence-corrected chi connectivity index (χ0v) is 15.7. The van der Waals surface area contributed by atoms with E-state index in [4.69, 9.17) is 4.74 Å². The molecule has 3 aliphatic rings. The molecule has 0 spiro atoms. The summed E-state index contributed by atoms with van der Waals surface area (Å²) in [6, 6.07) is -0.247. The Morgan fingerprint density at radius 1 is 1.48 bits per heavy atom. The standard InChI is InChI=1S/C14H19NO5.K/c1-6(16)9-11-7-4-3-5-8(20-2)10(7)12(14(18)19)15(11)13(9)17;/h6-9,11,16H,3-5H2,1-2H3,(H,18,19);/q;+1/p-1. The summed E-state index contributed by atoms with van der Waals surface area (Å²) in [4.78, 5) is 24.9. The van der Waals surface area contributed by atoms with Gasteiger partial charge in [0, 0.05) is 13.0 Å². The molecule has 2 fully saturated rings. The average Bonchev–Trinajstić information content (AvgIpc) is 2.69. The number of carboxylic acid groups (broad SMARTS) is 1. The smallest absolute Gasteiger partial charge is 0.543 e. The third-order valence-electron chi connectivity index (χ3n) is 4.84. The van der Waals surface area contributed by atoms with Gasteiger partial charge in [0.15, 0.2) is 0 Å². The van der Waals surface area contributed by atoms with E-state index in [9.17, 15) is 19.8 Å². The minimum atomic E-state index is -1.33. The van der Waals surface area contributed by atoms with Crippen LogP contribution in [-0.2, 0) is 14.3 Å². The van der Waals surface area contributed by atoms with Crippen molar-refractivity contribution in [2.75, 3.05) is 7.11 Å². The molecular formula is C14H18KNO5. The predicted octanol–water partition coefficient (Wildman–Crippen LogP) is -3.97. The summed E-state index contributed by atoms with van der Waals surface area (Å²) in [5.74, 6) is -2.18. The fourth-order valence-corrected chi connectivity index (χ4v) is 4.07. The monoisotopic (exact) mass is 319 g/mol. The first-order valence-corrected chi connectivity index (χ1v) is 6.98. The van der Waals surface area contributed by atoms with Gasteiger partial charge in [0.1, 0.15) is 0 Å². The second kappa shape index (κ2) is 6.39. The van der Waals surface area contributed by atoms with Crippen LogP contribution in [0.4, 0.5) is 0 Å². The van der Waals surface area contributed by atoms with Gasteiger partial charge in [-0.1, -0.05) is 0 Å². The molecule has 0 radical (unpaired) electrons. The molecule has 5 unspecified atom stereocenters. The van der Waals surface area contributed by atoms with Crippen LogP contribution in [-0.4, -0.2) is 47.2 Å². The van der Waals surface area contributed by atoms with E-state index in [1.54, 1.807) is 14.0 Å². The number of aliphatic carboxylic acids is 1. The summed E-state index contributed by atoms with van der Waals surface area (Å²) in [7, 11) is 1.55. The number of nitrogens with zero attached hydrogens (tertiary/aromatic N) is 1. The van der Waals surface area contributed by atoms with Crippen molar-refractivity contribution >= 4 is 11.9 Å². The van der Waals surface area contributed by atoms with Crippen molar-refractivity contribution in [3.05, 3.63) is 11.3 Å². The summed E-state index contributed by atoms with van der Waals surface area (Å²) < 4.78 is 5.39.